The van der Waals surface area contributed by atoms with Gasteiger partial charge in [-0.15, -0.1) is 0 Å². The number of carbonyl (C=O) groups is 3. The van der Waals surface area contributed by atoms with Crippen molar-refractivity contribution in [1.82, 2.24) is 19.3 Å². The smallest absolute Gasteiger partial charge is 0.352 e. The van der Waals surface area contributed by atoms with Crippen molar-refractivity contribution in [2.45, 2.75) is 6.04 Å². The zero-order chi connectivity index (χ0) is 21.3. The Labute approximate surface area is 168 Å². The number of aliphatic carboxylic acids is 1. The number of carbonyl (C=O) groups excluding carboxylic acids is 1. The number of aromatic nitrogens is 1. The largest absolute Gasteiger partial charge is 0.480 e. The van der Waals surface area contributed by atoms with Gasteiger partial charge in [-0.25, -0.2) is 4.79 Å². The van der Waals surface area contributed by atoms with Crippen molar-refractivity contribution in [2.75, 3.05) is 46.8 Å². The number of rotatable bonds is 6. The van der Waals surface area contributed by atoms with E-state index in [9.17, 15) is 24.6 Å². The van der Waals surface area contributed by atoms with Crippen LogP contribution in [0.5, 0.6) is 0 Å². The molecule has 1 aromatic heterocycles. The van der Waals surface area contributed by atoms with E-state index in [1.807, 2.05) is 4.90 Å². The summed E-state index contributed by atoms with van der Waals surface area (Å²) < 4.78 is 1.54. The molecule has 2 heterocycles. The van der Waals surface area contributed by atoms with Gasteiger partial charge in [0.05, 0.1) is 6.54 Å². The zero-order valence-electron chi connectivity index (χ0n) is 16.8. The number of nitrogens with zero attached hydrogens (tertiary/aromatic N) is 4. The third-order valence-electron chi connectivity index (χ3n) is 5.49. The van der Waals surface area contributed by atoms with E-state index >= 15 is 0 Å². The number of fused-ring (bicyclic) bond motifs is 1. The molecule has 1 aliphatic heterocycles. The molecule has 29 heavy (non-hydrogen) atoms. The quantitative estimate of drug-likeness (QED) is 0.733. The second kappa shape index (κ2) is 8.22. The number of hydrogen-bond donors (Lipinski definition) is 2. The Hall–Kier alpha value is -2.91. The molecule has 2 aromatic rings. The lowest BCUT2D eigenvalue weighted by Crippen LogP contribution is -2.51. The topological polar surface area (TPSA) is 106 Å². The molecule has 2 N–H and O–H groups in total. The van der Waals surface area contributed by atoms with Crippen molar-refractivity contribution in [3.05, 3.63) is 35.5 Å². The number of piperazine rings is 1. The highest BCUT2D eigenvalue weighted by Gasteiger charge is 2.36. The molecule has 9 nitrogen and oxygen atoms in total. The molecule has 0 unspecified atom stereocenters. The summed E-state index contributed by atoms with van der Waals surface area (Å²) in [5.74, 6) is -2.24. The molecule has 1 saturated heterocycles. The zero-order valence-corrected chi connectivity index (χ0v) is 16.8. The number of amides is 1. The van der Waals surface area contributed by atoms with Crippen LogP contribution in [0.15, 0.2) is 24.3 Å². The van der Waals surface area contributed by atoms with E-state index < -0.39 is 18.0 Å². The number of likely N-dealkylation sites (N-methyl/N-ethyl adjacent to an activating group) is 1. The lowest BCUT2D eigenvalue weighted by atomic mass is 10.00. The van der Waals surface area contributed by atoms with Gasteiger partial charge in [0, 0.05) is 63.8 Å². The van der Waals surface area contributed by atoms with Crippen LogP contribution in [0.2, 0.25) is 0 Å². The predicted molar refractivity (Wildman–Crippen MR) is 107 cm³/mol. The van der Waals surface area contributed by atoms with E-state index in [1.165, 1.54) is 9.47 Å². The van der Waals surface area contributed by atoms with E-state index in [2.05, 4.69) is 0 Å². The third-order valence-corrected chi connectivity index (χ3v) is 5.49. The van der Waals surface area contributed by atoms with Crippen LogP contribution in [0.1, 0.15) is 22.1 Å². The molecule has 0 spiro atoms. The van der Waals surface area contributed by atoms with E-state index in [0.29, 0.717) is 42.6 Å². The van der Waals surface area contributed by atoms with Crippen LogP contribution in [0.3, 0.4) is 0 Å². The van der Waals surface area contributed by atoms with Gasteiger partial charge in [0.2, 0.25) is 5.91 Å². The molecule has 3 rings (SSSR count). The first kappa shape index (κ1) is 20.8. The SMILES string of the molecule is CN(C)C(=O)CN1CCN([C@H](C(=O)O)c2c(C(=O)O)n(C)c3ccccc23)CC1. The minimum absolute atomic E-state index is 0.00421. The Bertz CT molecular complexity index is 944. The summed E-state index contributed by atoms with van der Waals surface area (Å²) in [4.78, 5) is 41.5. The number of aromatic carboxylic acids is 1. The van der Waals surface area contributed by atoms with Crippen LogP contribution in [-0.2, 0) is 16.6 Å². The molecular weight excluding hydrogens is 376 g/mol. The highest BCUT2D eigenvalue weighted by molar-refractivity contribution is 6.01. The van der Waals surface area contributed by atoms with Crippen molar-refractivity contribution in [3.8, 4) is 0 Å². The third kappa shape index (κ3) is 3.96. The second-order valence-corrected chi connectivity index (χ2v) is 7.48. The Morgan fingerprint density at radius 1 is 1.07 bits per heavy atom. The minimum Gasteiger partial charge on any atom is -0.480 e. The van der Waals surface area contributed by atoms with Crippen molar-refractivity contribution < 1.29 is 24.6 Å². The summed E-state index contributed by atoms with van der Waals surface area (Å²) in [5.41, 5.74) is 0.978. The fourth-order valence-electron chi connectivity index (χ4n) is 3.93. The fourth-order valence-corrected chi connectivity index (χ4v) is 3.93. The average Bonchev–Trinajstić information content (AvgIpc) is 2.96. The van der Waals surface area contributed by atoms with Crippen LogP contribution < -0.4 is 0 Å². The standard InChI is InChI=1S/C20H26N4O5/c1-21(2)15(25)12-23-8-10-24(11-9-23)18(20(28)29)16-13-6-4-5-7-14(13)22(3)17(16)19(26)27/h4-7,18H,8-12H2,1-3H3,(H,26,27)(H,28,29)/t18-/m0/s1. The van der Waals surface area contributed by atoms with Crippen LogP contribution in [0, 0.1) is 0 Å². The fraction of sp³-hybridized carbons (Fsp3) is 0.450. The highest BCUT2D eigenvalue weighted by Crippen LogP contribution is 2.34. The lowest BCUT2D eigenvalue weighted by molar-refractivity contribution is -0.145. The highest BCUT2D eigenvalue weighted by atomic mass is 16.4. The van der Waals surface area contributed by atoms with E-state index in [4.69, 9.17) is 0 Å². The Kier molecular flexibility index (Phi) is 5.90. The maximum atomic E-state index is 12.3. The molecule has 1 atom stereocenters. The normalized spacial score (nSPS) is 16.7. The van der Waals surface area contributed by atoms with Crippen LogP contribution in [0.4, 0.5) is 0 Å². The van der Waals surface area contributed by atoms with Gasteiger partial charge in [-0.05, 0) is 6.07 Å². The van der Waals surface area contributed by atoms with Crippen molar-refractivity contribution in [3.63, 3.8) is 0 Å². The Morgan fingerprint density at radius 3 is 2.24 bits per heavy atom. The summed E-state index contributed by atoms with van der Waals surface area (Å²) >= 11 is 0. The van der Waals surface area contributed by atoms with Gasteiger partial charge in [-0.1, -0.05) is 18.2 Å². The summed E-state index contributed by atoms with van der Waals surface area (Å²) in [6.45, 7) is 2.22. The maximum Gasteiger partial charge on any atom is 0.352 e. The molecule has 9 heteroatoms. The van der Waals surface area contributed by atoms with Crippen LogP contribution in [0.25, 0.3) is 10.9 Å². The molecule has 1 aromatic carbocycles. The van der Waals surface area contributed by atoms with Gasteiger partial charge < -0.3 is 19.7 Å². The minimum atomic E-state index is -1.15. The van der Waals surface area contributed by atoms with Gasteiger partial charge >= 0.3 is 11.9 Å². The Morgan fingerprint density at radius 2 is 1.69 bits per heavy atom. The number of para-hydroxylation sites is 1. The number of carboxylic acid groups (broad SMARTS) is 2. The molecule has 1 aliphatic rings. The van der Waals surface area contributed by atoms with Crippen molar-refractivity contribution >= 4 is 28.7 Å². The number of aryl methyl sites for hydroxylation is 1. The second-order valence-electron chi connectivity index (χ2n) is 7.48. The van der Waals surface area contributed by atoms with Crippen LogP contribution >= 0.6 is 0 Å². The van der Waals surface area contributed by atoms with Gasteiger partial charge in [-0.2, -0.15) is 0 Å². The van der Waals surface area contributed by atoms with Crippen molar-refractivity contribution in [1.29, 1.82) is 0 Å². The molecule has 0 aliphatic carbocycles. The molecule has 0 bridgehead atoms. The first-order valence-electron chi connectivity index (χ1n) is 9.42. The summed E-state index contributed by atoms with van der Waals surface area (Å²) in [6.07, 6.45) is 0. The molecule has 1 fully saturated rings. The predicted octanol–water partition coefficient (Wildman–Crippen LogP) is 0.708. The maximum absolute atomic E-state index is 12.3. The van der Waals surface area contributed by atoms with Crippen LogP contribution in [-0.4, -0.2) is 94.1 Å². The number of hydrogen-bond acceptors (Lipinski definition) is 5. The Balaban J connectivity index is 1.93. The number of benzene rings is 1. The number of carboxylic acids is 2. The molecule has 0 saturated carbocycles. The lowest BCUT2D eigenvalue weighted by Gasteiger charge is -2.37. The van der Waals surface area contributed by atoms with Crippen molar-refractivity contribution in [2.24, 2.45) is 7.05 Å². The van der Waals surface area contributed by atoms with Gasteiger partial charge in [0.15, 0.2) is 0 Å². The molecule has 156 valence electrons. The van der Waals surface area contributed by atoms with Gasteiger partial charge in [0.25, 0.3) is 0 Å². The summed E-state index contributed by atoms with van der Waals surface area (Å²) in [7, 11) is 5.04. The summed E-state index contributed by atoms with van der Waals surface area (Å²) in [6, 6.07) is 6.06. The van der Waals surface area contributed by atoms with Gasteiger partial charge in [-0.3, -0.25) is 19.4 Å². The monoisotopic (exact) mass is 402 g/mol. The molecule has 1 amide bonds. The van der Waals surface area contributed by atoms with E-state index in [-0.39, 0.29) is 18.1 Å². The van der Waals surface area contributed by atoms with E-state index in [0.717, 1.165) is 0 Å². The average molecular weight is 402 g/mol. The van der Waals surface area contributed by atoms with E-state index in [1.54, 1.807) is 50.3 Å². The molecular formula is C20H26N4O5. The first-order valence-corrected chi connectivity index (χ1v) is 9.42. The van der Waals surface area contributed by atoms with Gasteiger partial charge in [0.1, 0.15) is 11.7 Å². The molecule has 0 radical (unpaired) electrons. The summed E-state index contributed by atoms with van der Waals surface area (Å²) in [5, 5.41) is 20.4. The first-order chi connectivity index (χ1) is 13.7.